The number of carboxylic acids is 3. The molecule has 0 heterocycles. The van der Waals surface area contributed by atoms with Crippen LogP contribution >= 0.6 is 0 Å². The average Bonchev–Trinajstić information content (AvgIpc) is 2.14. The van der Waals surface area contributed by atoms with Crippen LogP contribution in [0.2, 0.25) is 0 Å². The van der Waals surface area contributed by atoms with Crippen LogP contribution < -0.4 is 5.32 Å². The summed E-state index contributed by atoms with van der Waals surface area (Å²) in [4.78, 5) is 42.8. The summed E-state index contributed by atoms with van der Waals surface area (Å²) in [6.45, 7) is 1.14. The summed E-state index contributed by atoms with van der Waals surface area (Å²) >= 11 is 0. The fourth-order valence-electron chi connectivity index (χ4n) is 1.08. The molecule has 5 N–H and O–H groups in total. The van der Waals surface area contributed by atoms with E-state index >= 15 is 0 Å². The van der Waals surface area contributed by atoms with Crippen LogP contribution in [-0.4, -0.2) is 55.9 Å². The monoisotopic (exact) mass is 263 g/mol. The summed E-state index contributed by atoms with van der Waals surface area (Å²) in [6.07, 6.45) is -2.22. The number of amides is 1. The molecule has 0 saturated carbocycles. The highest BCUT2D eigenvalue weighted by molar-refractivity contribution is 5.91. The van der Waals surface area contributed by atoms with Gasteiger partial charge in [0.1, 0.15) is 6.04 Å². The van der Waals surface area contributed by atoms with Gasteiger partial charge in [0, 0.05) is 0 Å². The van der Waals surface area contributed by atoms with Crippen molar-refractivity contribution in [3.05, 3.63) is 0 Å². The van der Waals surface area contributed by atoms with E-state index in [2.05, 4.69) is 0 Å². The molecule has 0 aliphatic rings. The molecule has 0 aliphatic heterocycles. The molecule has 0 fully saturated rings. The molecule has 102 valence electrons. The number of rotatable bonds is 7. The van der Waals surface area contributed by atoms with E-state index in [1.165, 1.54) is 0 Å². The lowest BCUT2D eigenvalue weighted by atomic mass is 9.95. The van der Waals surface area contributed by atoms with Crippen molar-refractivity contribution in [1.82, 2.24) is 5.32 Å². The van der Waals surface area contributed by atoms with Crippen LogP contribution in [0.1, 0.15) is 19.8 Å². The zero-order chi connectivity index (χ0) is 14.5. The third kappa shape index (κ3) is 4.78. The molecule has 0 aliphatic carbocycles. The molecule has 2 atom stereocenters. The normalized spacial score (nSPS) is 15.2. The van der Waals surface area contributed by atoms with Gasteiger partial charge in [-0.05, 0) is 6.92 Å². The van der Waals surface area contributed by atoms with Gasteiger partial charge < -0.3 is 25.7 Å². The smallest absolute Gasteiger partial charge is 0.336 e. The van der Waals surface area contributed by atoms with E-state index in [-0.39, 0.29) is 0 Å². The highest BCUT2D eigenvalue weighted by Crippen LogP contribution is 2.16. The first-order valence-corrected chi connectivity index (χ1v) is 4.78. The van der Waals surface area contributed by atoms with Gasteiger partial charge >= 0.3 is 17.9 Å². The first-order valence-electron chi connectivity index (χ1n) is 4.78. The van der Waals surface area contributed by atoms with Crippen molar-refractivity contribution in [2.75, 3.05) is 0 Å². The van der Waals surface area contributed by atoms with Crippen LogP contribution in [0.5, 0.6) is 0 Å². The molecular formula is C9H13NO8. The molecule has 0 aromatic carbocycles. The summed E-state index contributed by atoms with van der Waals surface area (Å²) < 4.78 is 0. The Hall–Kier alpha value is -2.16. The van der Waals surface area contributed by atoms with Crippen LogP contribution in [0.4, 0.5) is 0 Å². The maximum atomic E-state index is 11.3. The summed E-state index contributed by atoms with van der Waals surface area (Å²) in [5, 5.41) is 37.0. The molecule has 18 heavy (non-hydrogen) atoms. The van der Waals surface area contributed by atoms with Gasteiger partial charge in [-0.3, -0.25) is 14.4 Å². The molecule has 0 aromatic rings. The second-order valence-electron chi connectivity index (χ2n) is 3.71. The summed E-state index contributed by atoms with van der Waals surface area (Å²) in [5.74, 6) is -5.89. The fourth-order valence-corrected chi connectivity index (χ4v) is 1.08. The molecule has 2 unspecified atom stereocenters. The van der Waals surface area contributed by atoms with E-state index in [0.717, 1.165) is 6.92 Å². The van der Waals surface area contributed by atoms with Crippen LogP contribution in [-0.2, 0) is 19.2 Å². The molecular weight excluding hydrogens is 250 g/mol. The Morgan fingerprint density at radius 2 is 1.61 bits per heavy atom. The van der Waals surface area contributed by atoms with Gasteiger partial charge in [-0.1, -0.05) is 0 Å². The lowest BCUT2D eigenvalue weighted by Crippen LogP contribution is -2.47. The number of hydrogen-bond acceptors (Lipinski definition) is 5. The zero-order valence-electron chi connectivity index (χ0n) is 9.41. The van der Waals surface area contributed by atoms with Crippen LogP contribution in [0, 0.1) is 0 Å². The summed E-state index contributed by atoms with van der Waals surface area (Å²) in [6, 6.07) is -1.28. The maximum absolute atomic E-state index is 11.3. The van der Waals surface area contributed by atoms with Crippen molar-refractivity contribution < 1.29 is 39.6 Å². The first-order chi connectivity index (χ1) is 8.08. The third-order valence-electron chi connectivity index (χ3n) is 2.04. The summed E-state index contributed by atoms with van der Waals surface area (Å²) in [7, 11) is 0. The van der Waals surface area contributed by atoms with Gasteiger partial charge in [0.2, 0.25) is 5.91 Å². The second kappa shape index (κ2) is 5.96. The van der Waals surface area contributed by atoms with Crippen LogP contribution in [0.15, 0.2) is 0 Å². The quantitative estimate of drug-likeness (QED) is 0.361. The van der Waals surface area contributed by atoms with Crippen molar-refractivity contribution in [3.63, 3.8) is 0 Å². The largest absolute Gasteiger partial charge is 0.481 e. The first kappa shape index (κ1) is 15.8. The van der Waals surface area contributed by atoms with Crippen molar-refractivity contribution in [2.24, 2.45) is 0 Å². The van der Waals surface area contributed by atoms with Crippen LogP contribution in [0.3, 0.4) is 0 Å². The number of carbonyl (C=O) groups excluding carboxylic acids is 1. The number of nitrogens with one attached hydrogen (secondary N) is 1. The Morgan fingerprint density at radius 3 is 1.94 bits per heavy atom. The molecule has 0 aromatic heterocycles. The molecule has 9 heteroatoms. The number of carboxylic acid groups (broad SMARTS) is 3. The van der Waals surface area contributed by atoms with E-state index < -0.39 is 48.3 Å². The van der Waals surface area contributed by atoms with E-state index in [1.54, 1.807) is 0 Å². The maximum Gasteiger partial charge on any atom is 0.336 e. The van der Waals surface area contributed by atoms with Gasteiger partial charge in [0.15, 0.2) is 5.60 Å². The predicted octanol–water partition coefficient (Wildman–Crippen LogP) is -1.74. The van der Waals surface area contributed by atoms with E-state index in [4.69, 9.17) is 15.3 Å². The van der Waals surface area contributed by atoms with Crippen molar-refractivity contribution in [3.8, 4) is 0 Å². The van der Waals surface area contributed by atoms with Crippen molar-refractivity contribution >= 4 is 23.8 Å². The molecule has 9 nitrogen and oxygen atoms in total. The molecule has 0 radical (unpaired) electrons. The number of aliphatic carboxylic acids is 3. The number of hydrogen-bond donors (Lipinski definition) is 5. The fraction of sp³-hybridized carbons (Fsp3) is 0.556. The minimum absolute atomic E-state index is 1.05. The molecule has 0 saturated heterocycles. The van der Waals surface area contributed by atoms with Crippen molar-refractivity contribution in [2.45, 2.75) is 31.4 Å². The SMILES string of the molecule is CC(NC(=O)CC(O)(CC(=O)O)C(=O)O)C(=O)O. The Kier molecular flexibility index (Phi) is 5.24. The minimum Gasteiger partial charge on any atom is -0.481 e. The van der Waals surface area contributed by atoms with E-state index in [1.807, 2.05) is 5.32 Å². The standard InChI is InChI=1S/C9H13NO8/c1-4(7(14)15)10-5(11)2-9(18,8(16)17)3-6(12)13/h4,18H,2-3H2,1H3,(H,10,11)(H,12,13)(H,14,15)(H,16,17). The van der Waals surface area contributed by atoms with Crippen molar-refractivity contribution in [1.29, 1.82) is 0 Å². The van der Waals surface area contributed by atoms with Gasteiger partial charge in [-0.2, -0.15) is 0 Å². The van der Waals surface area contributed by atoms with E-state index in [0.29, 0.717) is 0 Å². The Balaban J connectivity index is 4.70. The number of aliphatic hydroxyl groups is 1. The predicted molar refractivity (Wildman–Crippen MR) is 54.7 cm³/mol. The lowest BCUT2D eigenvalue weighted by molar-refractivity contribution is -0.167. The highest BCUT2D eigenvalue weighted by Gasteiger charge is 2.41. The molecule has 1 amide bonds. The van der Waals surface area contributed by atoms with Gasteiger partial charge in [-0.15, -0.1) is 0 Å². The Morgan fingerprint density at radius 1 is 1.11 bits per heavy atom. The van der Waals surface area contributed by atoms with Gasteiger partial charge in [-0.25, -0.2) is 4.79 Å². The highest BCUT2D eigenvalue weighted by atomic mass is 16.4. The molecule has 0 bridgehead atoms. The summed E-state index contributed by atoms with van der Waals surface area (Å²) in [5.41, 5.74) is -2.77. The Bertz CT molecular complexity index is 379. The number of carbonyl (C=O) groups is 4. The van der Waals surface area contributed by atoms with E-state index in [9.17, 15) is 24.3 Å². The second-order valence-corrected chi connectivity index (χ2v) is 3.71. The van der Waals surface area contributed by atoms with Crippen LogP contribution in [0.25, 0.3) is 0 Å². The third-order valence-corrected chi connectivity index (χ3v) is 2.04. The molecule has 0 spiro atoms. The molecule has 0 rings (SSSR count). The Labute approximate surface area is 101 Å². The lowest BCUT2D eigenvalue weighted by Gasteiger charge is -2.21. The topological polar surface area (TPSA) is 161 Å². The average molecular weight is 263 g/mol. The minimum atomic E-state index is -2.77. The van der Waals surface area contributed by atoms with Gasteiger partial charge in [0.25, 0.3) is 0 Å². The van der Waals surface area contributed by atoms with Gasteiger partial charge in [0.05, 0.1) is 12.8 Å². The zero-order valence-corrected chi connectivity index (χ0v) is 9.41.